The highest BCUT2D eigenvalue weighted by molar-refractivity contribution is 5.85. The molecule has 16 heavy (non-hydrogen) atoms. The summed E-state index contributed by atoms with van der Waals surface area (Å²) in [4.78, 5) is 11.6. The van der Waals surface area contributed by atoms with E-state index in [9.17, 15) is 4.79 Å². The summed E-state index contributed by atoms with van der Waals surface area (Å²) in [5, 5.41) is 2.91. The summed E-state index contributed by atoms with van der Waals surface area (Å²) in [6.45, 7) is 6.29. The second-order valence-corrected chi connectivity index (χ2v) is 4.57. The van der Waals surface area contributed by atoms with Gasteiger partial charge in [0.15, 0.2) is 0 Å². The Balaban J connectivity index is 0.00000225. The number of hydrogen-bond donors (Lipinski definition) is 2. The van der Waals surface area contributed by atoms with E-state index in [1.807, 2.05) is 13.8 Å². The van der Waals surface area contributed by atoms with Crippen LogP contribution in [0.3, 0.4) is 0 Å². The van der Waals surface area contributed by atoms with Crippen LogP contribution in [0.25, 0.3) is 0 Å². The van der Waals surface area contributed by atoms with Crippen LogP contribution in [0, 0.1) is 11.8 Å². The highest BCUT2D eigenvalue weighted by Crippen LogP contribution is 2.13. The first-order chi connectivity index (χ1) is 7.11. The molecule has 3 N–H and O–H groups in total. The Morgan fingerprint density at radius 2 is 2.00 bits per heavy atom. The van der Waals surface area contributed by atoms with Gasteiger partial charge in [-0.1, -0.05) is 13.8 Å². The second kappa shape index (κ2) is 7.87. The van der Waals surface area contributed by atoms with E-state index in [4.69, 9.17) is 10.5 Å². The van der Waals surface area contributed by atoms with E-state index in [-0.39, 0.29) is 30.3 Å². The predicted molar refractivity (Wildman–Crippen MR) is 66.6 cm³/mol. The SMILES string of the molecule is CC(C)[C@@H](N)C(=O)NCC1CCOCC1.Cl. The first kappa shape index (κ1) is 15.7. The fourth-order valence-corrected chi connectivity index (χ4v) is 1.62. The molecule has 1 aliphatic rings. The Bertz CT molecular complexity index is 206. The molecule has 0 spiro atoms. The molecule has 1 atom stereocenters. The molecular formula is C11H23ClN2O2. The summed E-state index contributed by atoms with van der Waals surface area (Å²) in [7, 11) is 0. The monoisotopic (exact) mass is 250 g/mol. The van der Waals surface area contributed by atoms with Crippen molar-refractivity contribution in [3.05, 3.63) is 0 Å². The first-order valence-electron chi connectivity index (χ1n) is 5.72. The quantitative estimate of drug-likeness (QED) is 0.780. The van der Waals surface area contributed by atoms with Gasteiger partial charge in [0.05, 0.1) is 6.04 Å². The summed E-state index contributed by atoms with van der Waals surface area (Å²) >= 11 is 0. The highest BCUT2D eigenvalue weighted by atomic mass is 35.5. The lowest BCUT2D eigenvalue weighted by molar-refractivity contribution is -0.123. The Morgan fingerprint density at radius 3 is 2.50 bits per heavy atom. The Hall–Kier alpha value is -0.320. The van der Waals surface area contributed by atoms with E-state index in [1.54, 1.807) is 0 Å². The lowest BCUT2D eigenvalue weighted by Crippen LogP contribution is -2.45. The third-order valence-corrected chi connectivity index (χ3v) is 2.93. The van der Waals surface area contributed by atoms with E-state index in [2.05, 4.69) is 5.32 Å². The van der Waals surface area contributed by atoms with Crippen molar-refractivity contribution >= 4 is 18.3 Å². The highest BCUT2D eigenvalue weighted by Gasteiger charge is 2.19. The second-order valence-electron chi connectivity index (χ2n) is 4.57. The van der Waals surface area contributed by atoms with Gasteiger partial charge in [0.2, 0.25) is 5.91 Å². The molecule has 96 valence electrons. The molecule has 1 saturated heterocycles. The van der Waals surface area contributed by atoms with Crippen LogP contribution in [0.5, 0.6) is 0 Å². The minimum atomic E-state index is -0.384. The smallest absolute Gasteiger partial charge is 0.237 e. The standard InChI is InChI=1S/C11H22N2O2.ClH/c1-8(2)10(12)11(14)13-7-9-3-5-15-6-4-9;/h8-10H,3-7,12H2,1-2H3,(H,13,14);1H/t10-;/m1./s1. The van der Waals surface area contributed by atoms with Gasteiger partial charge in [-0.3, -0.25) is 4.79 Å². The van der Waals surface area contributed by atoms with Crippen molar-refractivity contribution in [2.45, 2.75) is 32.7 Å². The van der Waals surface area contributed by atoms with Gasteiger partial charge >= 0.3 is 0 Å². The van der Waals surface area contributed by atoms with Crippen LogP contribution < -0.4 is 11.1 Å². The van der Waals surface area contributed by atoms with Crippen molar-refractivity contribution in [2.75, 3.05) is 19.8 Å². The normalized spacial score (nSPS) is 19.0. The van der Waals surface area contributed by atoms with Crippen molar-refractivity contribution in [3.63, 3.8) is 0 Å². The van der Waals surface area contributed by atoms with E-state index >= 15 is 0 Å². The number of nitrogens with two attached hydrogens (primary N) is 1. The van der Waals surface area contributed by atoms with Crippen molar-refractivity contribution in [2.24, 2.45) is 17.6 Å². The molecule has 0 aliphatic carbocycles. The van der Waals surface area contributed by atoms with Gasteiger partial charge in [0, 0.05) is 19.8 Å². The molecule has 0 radical (unpaired) electrons. The molecule has 4 nitrogen and oxygen atoms in total. The van der Waals surface area contributed by atoms with Crippen LogP contribution in [0.15, 0.2) is 0 Å². The van der Waals surface area contributed by atoms with Crippen molar-refractivity contribution < 1.29 is 9.53 Å². The number of carbonyl (C=O) groups excluding carboxylic acids is 1. The Labute approximate surface area is 104 Å². The fourth-order valence-electron chi connectivity index (χ4n) is 1.62. The third-order valence-electron chi connectivity index (χ3n) is 2.93. The molecule has 1 aliphatic heterocycles. The summed E-state index contributed by atoms with van der Waals surface area (Å²) < 4.78 is 5.25. The number of nitrogens with one attached hydrogen (secondary N) is 1. The van der Waals surface area contributed by atoms with Crippen LogP contribution in [-0.2, 0) is 9.53 Å². The summed E-state index contributed by atoms with van der Waals surface area (Å²) in [6, 6.07) is -0.384. The van der Waals surface area contributed by atoms with Crippen molar-refractivity contribution in [3.8, 4) is 0 Å². The van der Waals surface area contributed by atoms with Gasteiger partial charge in [0.25, 0.3) is 0 Å². The van der Waals surface area contributed by atoms with Crippen LogP contribution in [0.4, 0.5) is 0 Å². The van der Waals surface area contributed by atoms with Gasteiger partial charge < -0.3 is 15.8 Å². The van der Waals surface area contributed by atoms with Crippen LogP contribution >= 0.6 is 12.4 Å². The average Bonchev–Trinajstić information content (AvgIpc) is 2.26. The number of halogens is 1. The number of amides is 1. The maximum absolute atomic E-state index is 11.6. The lowest BCUT2D eigenvalue weighted by atomic mass is 9.99. The number of carbonyl (C=O) groups is 1. The van der Waals surface area contributed by atoms with Crippen LogP contribution in [0.2, 0.25) is 0 Å². The predicted octanol–water partition coefficient (Wildman–Crippen LogP) is 0.934. The van der Waals surface area contributed by atoms with E-state index < -0.39 is 0 Å². The van der Waals surface area contributed by atoms with E-state index in [1.165, 1.54) is 0 Å². The molecule has 0 aromatic heterocycles. The molecule has 0 bridgehead atoms. The molecular weight excluding hydrogens is 228 g/mol. The van der Waals surface area contributed by atoms with E-state index in [0.29, 0.717) is 5.92 Å². The van der Waals surface area contributed by atoms with Crippen molar-refractivity contribution in [1.29, 1.82) is 0 Å². The minimum Gasteiger partial charge on any atom is -0.381 e. The zero-order valence-corrected chi connectivity index (χ0v) is 10.9. The maximum atomic E-state index is 11.6. The summed E-state index contributed by atoms with van der Waals surface area (Å²) in [5.41, 5.74) is 5.74. The largest absolute Gasteiger partial charge is 0.381 e. The van der Waals surface area contributed by atoms with Gasteiger partial charge in [-0.15, -0.1) is 12.4 Å². The summed E-state index contributed by atoms with van der Waals surface area (Å²) in [5.74, 6) is 0.721. The molecule has 0 aromatic carbocycles. The number of ether oxygens (including phenoxy) is 1. The first-order valence-corrected chi connectivity index (χ1v) is 5.72. The van der Waals surface area contributed by atoms with Crippen molar-refractivity contribution in [1.82, 2.24) is 5.32 Å². The van der Waals surface area contributed by atoms with Crippen LogP contribution in [-0.4, -0.2) is 31.7 Å². The lowest BCUT2D eigenvalue weighted by Gasteiger charge is -2.23. The number of rotatable bonds is 4. The molecule has 0 unspecified atom stereocenters. The van der Waals surface area contributed by atoms with Gasteiger partial charge in [-0.2, -0.15) is 0 Å². The van der Waals surface area contributed by atoms with E-state index in [0.717, 1.165) is 32.6 Å². The van der Waals surface area contributed by atoms with Gasteiger partial charge in [-0.05, 0) is 24.7 Å². The molecule has 1 fully saturated rings. The molecule has 1 amide bonds. The summed E-state index contributed by atoms with van der Waals surface area (Å²) in [6.07, 6.45) is 2.08. The van der Waals surface area contributed by atoms with Crippen LogP contribution in [0.1, 0.15) is 26.7 Å². The fraction of sp³-hybridized carbons (Fsp3) is 0.909. The van der Waals surface area contributed by atoms with Gasteiger partial charge in [-0.25, -0.2) is 0 Å². The average molecular weight is 251 g/mol. The molecule has 1 rings (SSSR count). The molecule has 5 heteroatoms. The Morgan fingerprint density at radius 1 is 1.44 bits per heavy atom. The molecule has 1 heterocycles. The molecule has 0 aromatic rings. The topological polar surface area (TPSA) is 64.4 Å². The maximum Gasteiger partial charge on any atom is 0.237 e. The molecule has 0 saturated carbocycles. The Kier molecular flexibility index (Phi) is 7.72. The minimum absolute atomic E-state index is 0. The zero-order valence-electron chi connectivity index (χ0n) is 10.1. The van der Waals surface area contributed by atoms with Gasteiger partial charge in [0.1, 0.15) is 0 Å². The third kappa shape index (κ3) is 5.14. The number of hydrogen-bond acceptors (Lipinski definition) is 3. The zero-order chi connectivity index (χ0) is 11.3.